The number of anilines is 1. The first-order valence-corrected chi connectivity index (χ1v) is 12.6. The number of aromatic nitrogens is 4. The highest BCUT2D eigenvalue weighted by atomic mass is 19.1. The van der Waals surface area contributed by atoms with Crippen molar-refractivity contribution in [3.05, 3.63) is 105 Å². The lowest BCUT2D eigenvalue weighted by Crippen LogP contribution is -2.42. The minimum absolute atomic E-state index is 0.00906. The summed E-state index contributed by atoms with van der Waals surface area (Å²) in [6, 6.07) is 14.5. The van der Waals surface area contributed by atoms with Gasteiger partial charge in [0.2, 0.25) is 0 Å². The number of nitrogens with zero attached hydrogens (tertiary/aromatic N) is 4. The third-order valence-electron chi connectivity index (χ3n) is 6.04. The zero-order valence-electron chi connectivity index (χ0n) is 22.5. The zero-order chi connectivity index (χ0) is 30.0. The van der Waals surface area contributed by atoms with Gasteiger partial charge in [-0.05, 0) is 68.4 Å². The van der Waals surface area contributed by atoms with E-state index in [9.17, 15) is 23.2 Å². The highest BCUT2D eigenvalue weighted by Crippen LogP contribution is 2.32. The molecule has 1 amide bonds. The van der Waals surface area contributed by atoms with Crippen molar-refractivity contribution < 1.29 is 27.8 Å². The van der Waals surface area contributed by atoms with Crippen LogP contribution in [0.25, 0.3) is 16.6 Å². The number of halogens is 2. The van der Waals surface area contributed by atoms with Crippen molar-refractivity contribution in [3.8, 4) is 28.8 Å². The van der Waals surface area contributed by atoms with Crippen LogP contribution in [0, 0.1) is 11.6 Å². The molecule has 3 aromatic carbocycles. The second kappa shape index (κ2) is 11.5. The molecule has 11 nitrogen and oxygen atoms in total. The van der Waals surface area contributed by atoms with Gasteiger partial charge in [-0.25, -0.2) is 27.6 Å². The van der Waals surface area contributed by atoms with E-state index in [1.807, 2.05) is 0 Å². The summed E-state index contributed by atoms with van der Waals surface area (Å²) in [7, 11) is 1.53. The van der Waals surface area contributed by atoms with E-state index in [1.54, 1.807) is 38.1 Å². The number of methoxy groups -OCH3 is 1. The monoisotopic (exact) mass is 575 g/mol. The highest BCUT2D eigenvalue weighted by Gasteiger charge is 2.20. The van der Waals surface area contributed by atoms with Gasteiger partial charge in [0.05, 0.1) is 24.4 Å². The average Bonchev–Trinajstić information content (AvgIpc) is 2.96. The smallest absolute Gasteiger partial charge is 0.418 e. The van der Waals surface area contributed by atoms with Gasteiger partial charge in [-0.3, -0.25) is 15.1 Å². The van der Waals surface area contributed by atoms with Crippen LogP contribution in [-0.4, -0.2) is 32.5 Å². The van der Waals surface area contributed by atoms with Gasteiger partial charge in [0, 0.05) is 29.4 Å². The van der Waals surface area contributed by atoms with Crippen molar-refractivity contribution in [2.45, 2.75) is 19.9 Å². The van der Waals surface area contributed by atoms with Crippen LogP contribution in [0.3, 0.4) is 0 Å². The van der Waals surface area contributed by atoms with Crippen LogP contribution in [0.5, 0.6) is 23.1 Å². The van der Waals surface area contributed by atoms with E-state index in [1.165, 1.54) is 37.6 Å². The number of fused-ring (bicyclic) bond motifs is 1. The topological polar surface area (TPSA) is 127 Å². The number of hydrogen-bond acceptors (Lipinski definition) is 8. The summed E-state index contributed by atoms with van der Waals surface area (Å²) in [4.78, 5) is 42.9. The molecule has 13 heteroatoms. The van der Waals surface area contributed by atoms with Crippen molar-refractivity contribution in [2.75, 3.05) is 12.4 Å². The summed E-state index contributed by atoms with van der Waals surface area (Å²) in [5.41, 5.74) is -1.23. The summed E-state index contributed by atoms with van der Waals surface area (Å²) < 4.78 is 46.1. The molecule has 0 radical (unpaired) electrons. The molecule has 0 saturated heterocycles. The SMILES string of the molecule is COc1ccc2c(Oc3ccc(NC(=O)Oc4nn(C(C)C)c(=O)n(-c5ccc(F)cc5)c4=O)cc3F)ccnc2c1. The van der Waals surface area contributed by atoms with Gasteiger partial charge in [0.25, 0.3) is 0 Å². The van der Waals surface area contributed by atoms with Crippen molar-refractivity contribution in [1.82, 2.24) is 19.3 Å². The van der Waals surface area contributed by atoms with Crippen LogP contribution in [-0.2, 0) is 0 Å². The second-order valence-electron chi connectivity index (χ2n) is 9.20. The first kappa shape index (κ1) is 28.0. The number of nitrogens with one attached hydrogen (secondary N) is 1. The van der Waals surface area contributed by atoms with Crippen LogP contribution in [0.2, 0.25) is 0 Å². The minimum Gasteiger partial charge on any atom is -0.497 e. The van der Waals surface area contributed by atoms with Gasteiger partial charge in [0.1, 0.15) is 17.3 Å². The number of hydrogen-bond donors (Lipinski definition) is 1. The molecular weight excluding hydrogens is 552 g/mol. The van der Waals surface area contributed by atoms with E-state index in [-0.39, 0.29) is 17.1 Å². The second-order valence-corrected chi connectivity index (χ2v) is 9.20. The molecule has 0 bridgehead atoms. The van der Waals surface area contributed by atoms with Crippen LogP contribution in [0.15, 0.2) is 82.5 Å². The Morgan fingerprint density at radius 3 is 2.40 bits per heavy atom. The minimum atomic E-state index is -1.17. The molecule has 0 fully saturated rings. The van der Waals surface area contributed by atoms with E-state index >= 15 is 0 Å². The molecule has 214 valence electrons. The lowest BCUT2D eigenvalue weighted by molar-refractivity contribution is 0.210. The standard InChI is InChI=1S/C29H23F2N5O6/c1-16(2)36-29(39)35(19-7-4-17(30)5-8-19)27(37)26(34-36)42-28(38)33-18-6-11-25(22(31)14-18)41-24-12-13-32-23-15-20(40-3)9-10-21(23)24/h4-16H,1-3H3,(H,33,38). The molecule has 2 aromatic heterocycles. The fraction of sp³-hybridized carbons (Fsp3) is 0.138. The molecule has 0 aliphatic carbocycles. The van der Waals surface area contributed by atoms with Crippen LogP contribution in [0.1, 0.15) is 19.9 Å². The molecule has 1 N–H and O–H groups in total. The Labute approximate surface area is 236 Å². The Kier molecular flexibility index (Phi) is 7.65. The number of amides is 1. The highest BCUT2D eigenvalue weighted by molar-refractivity contribution is 5.87. The Hall–Kier alpha value is -5.59. The molecule has 0 saturated carbocycles. The molecule has 0 aliphatic heterocycles. The van der Waals surface area contributed by atoms with Crippen molar-refractivity contribution >= 4 is 22.7 Å². The van der Waals surface area contributed by atoms with Crippen molar-refractivity contribution in [2.24, 2.45) is 0 Å². The maximum absolute atomic E-state index is 15.0. The van der Waals surface area contributed by atoms with Gasteiger partial charge >= 0.3 is 23.2 Å². The lowest BCUT2D eigenvalue weighted by Gasteiger charge is -2.14. The number of pyridine rings is 1. The molecule has 0 atom stereocenters. The number of rotatable bonds is 7. The summed E-state index contributed by atoms with van der Waals surface area (Å²) in [6.45, 7) is 3.27. The maximum Gasteiger partial charge on any atom is 0.418 e. The molecule has 42 heavy (non-hydrogen) atoms. The number of carbonyl (C=O) groups excluding carboxylic acids is 1. The summed E-state index contributed by atoms with van der Waals surface area (Å²) in [5.74, 6) is -1.24. The molecular formula is C29H23F2N5O6. The molecule has 5 rings (SSSR count). The van der Waals surface area contributed by atoms with E-state index in [0.717, 1.165) is 22.9 Å². The van der Waals surface area contributed by atoms with E-state index < -0.39 is 40.9 Å². The Morgan fingerprint density at radius 2 is 1.71 bits per heavy atom. The summed E-state index contributed by atoms with van der Waals surface area (Å²) >= 11 is 0. The Morgan fingerprint density at radius 1 is 0.952 bits per heavy atom. The third-order valence-corrected chi connectivity index (χ3v) is 6.04. The quantitative estimate of drug-likeness (QED) is 0.280. The van der Waals surface area contributed by atoms with Crippen LogP contribution < -0.4 is 30.8 Å². The van der Waals surface area contributed by atoms with Crippen LogP contribution >= 0.6 is 0 Å². The van der Waals surface area contributed by atoms with Gasteiger partial charge in [-0.1, -0.05) is 0 Å². The zero-order valence-corrected chi connectivity index (χ0v) is 22.5. The molecule has 0 spiro atoms. The Bertz CT molecular complexity index is 1920. The summed E-state index contributed by atoms with van der Waals surface area (Å²) in [6.07, 6.45) is 0.350. The first-order valence-electron chi connectivity index (χ1n) is 12.6. The molecule has 5 aromatic rings. The van der Waals surface area contributed by atoms with Crippen molar-refractivity contribution in [1.29, 1.82) is 0 Å². The number of carbonyl (C=O) groups is 1. The third kappa shape index (κ3) is 5.66. The predicted molar refractivity (Wildman–Crippen MR) is 149 cm³/mol. The molecule has 2 heterocycles. The average molecular weight is 576 g/mol. The van der Waals surface area contributed by atoms with E-state index in [2.05, 4.69) is 15.4 Å². The molecule has 0 aliphatic rings. The molecule has 0 unspecified atom stereocenters. The van der Waals surface area contributed by atoms with E-state index in [4.69, 9.17) is 14.2 Å². The Balaban J connectivity index is 1.37. The predicted octanol–water partition coefficient (Wildman–Crippen LogP) is 5.21. The van der Waals surface area contributed by atoms with Gasteiger partial charge < -0.3 is 14.2 Å². The fourth-order valence-corrected chi connectivity index (χ4v) is 4.02. The normalized spacial score (nSPS) is 11.0. The first-order chi connectivity index (χ1) is 20.1. The van der Waals surface area contributed by atoms with E-state index in [0.29, 0.717) is 27.0 Å². The largest absolute Gasteiger partial charge is 0.497 e. The summed E-state index contributed by atoms with van der Waals surface area (Å²) in [5, 5.41) is 6.82. The van der Waals surface area contributed by atoms with Gasteiger partial charge in [0.15, 0.2) is 11.6 Å². The number of ether oxygens (including phenoxy) is 3. The van der Waals surface area contributed by atoms with Crippen LogP contribution in [0.4, 0.5) is 19.3 Å². The van der Waals surface area contributed by atoms with Gasteiger partial charge in [-0.15, -0.1) is 5.10 Å². The lowest BCUT2D eigenvalue weighted by atomic mass is 10.2. The maximum atomic E-state index is 15.0. The van der Waals surface area contributed by atoms with Gasteiger partial charge in [-0.2, -0.15) is 0 Å². The van der Waals surface area contributed by atoms with Crippen molar-refractivity contribution in [3.63, 3.8) is 0 Å². The fourth-order valence-electron chi connectivity index (χ4n) is 4.02. The number of benzene rings is 3.